The minimum Gasteiger partial charge on any atom is -0.324 e. The summed E-state index contributed by atoms with van der Waals surface area (Å²) in [5, 5.41) is 12.1. The van der Waals surface area contributed by atoms with Crippen LogP contribution in [0.1, 0.15) is 12.5 Å². The first-order valence-corrected chi connectivity index (χ1v) is 7.21. The maximum absolute atomic E-state index is 12.2. The molecule has 0 radical (unpaired) electrons. The van der Waals surface area contributed by atoms with Crippen LogP contribution in [0.5, 0.6) is 0 Å². The third kappa shape index (κ3) is 4.56. The van der Waals surface area contributed by atoms with E-state index in [4.69, 9.17) is 16.9 Å². The molecular weight excluding hydrogens is 314 g/mol. The largest absolute Gasteiger partial charge is 0.324 e. The second kappa shape index (κ2) is 7.43. The number of halogens is 1. The number of rotatable bonds is 4. The maximum atomic E-state index is 12.2. The summed E-state index contributed by atoms with van der Waals surface area (Å²) in [7, 11) is 0. The molecule has 0 bridgehead atoms. The van der Waals surface area contributed by atoms with Gasteiger partial charge >= 0.3 is 0 Å². The van der Waals surface area contributed by atoms with Gasteiger partial charge in [-0.25, -0.2) is 0 Å². The molecule has 0 unspecified atom stereocenters. The standard InChI is InChI=1S/C17H14ClN3O2/c1-12(22)21(16-7-2-4-13(8-16)10-19)11-17(23)20-15-6-3-5-14(18)9-15/h2-9H,11H2,1H3,(H,20,23). The summed E-state index contributed by atoms with van der Waals surface area (Å²) < 4.78 is 0. The van der Waals surface area contributed by atoms with Crippen molar-refractivity contribution in [3.63, 3.8) is 0 Å². The van der Waals surface area contributed by atoms with Gasteiger partial charge in [-0.05, 0) is 36.4 Å². The number of nitrogens with zero attached hydrogens (tertiary/aromatic N) is 2. The molecule has 0 aliphatic heterocycles. The van der Waals surface area contributed by atoms with Crippen molar-refractivity contribution in [2.75, 3.05) is 16.8 Å². The molecule has 23 heavy (non-hydrogen) atoms. The number of nitriles is 1. The predicted molar refractivity (Wildman–Crippen MR) is 89.3 cm³/mol. The van der Waals surface area contributed by atoms with E-state index in [9.17, 15) is 9.59 Å². The molecule has 0 saturated carbocycles. The molecule has 0 spiro atoms. The Morgan fingerprint density at radius 2 is 1.96 bits per heavy atom. The molecule has 0 saturated heterocycles. The molecule has 0 heterocycles. The van der Waals surface area contributed by atoms with Gasteiger partial charge in [0.1, 0.15) is 6.54 Å². The molecule has 5 nitrogen and oxygen atoms in total. The highest BCUT2D eigenvalue weighted by Crippen LogP contribution is 2.18. The van der Waals surface area contributed by atoms with Crippen LogP contribution in [0.4, 0.5) is 11.4 Å². The summed E-state index contributed by atoms with van der Waals surface area (Å²) in [6.07, 6.45) is 0. The van der Waals surface area contributed by atoms with E-state index in [1.807, 2.05) is 6.07 Å². The third-order valence-corrected chi connectivity index (χ3v) is 3.31. The van der Waals surface area contributed by atoms with Crippen molar-refractivity contribution in [2.24, 2.45) is 0 Å². The quantitative estimate of drug-likeness (QED) is 0.937. The molecule has 1 N–H and O–H groups in total. The highest BCUT2D eigenvalue weighted by atomic mass is 35.5. The third-order valence-electron chi connectivity index (χ3n) is 3.08. The summed E-state index contributed by atoms with van der Waals surface area (Å²) in [4.78, 5) is 25.3. The van der Waals surface area contributed by atoms with Crippen LogP contribution in [-0.4, -0.2) is 18.4 Å². The molecule has 2 aromatic carbocycles. The Hall–Kier alpha value is -2.84. The van der Waals surface area contributed by atoms with Crippen LogP contribution in [0.15, 0.2) is 48.5 Å². The van der Waals surface area contributed by atoms with E-state index in [1.165, 1.54) is 11.8 Å². The Balaban J connectivity index is 2.14. The van der Waals surface area contributed by atoms with Gasteiger partial charge in [0, 0.05) is 23.3 Å². The Bertz CT molecular complexity index is 783. The van der Waals surface area contributed by atoms with Gasteiger partial charge < -0.3 is 10.2 Å². The van der Waals surface area contributed by atoms with E-state index >= 15 is 0 Å². The number of benzene rings is 2. The molecule has 6 heteroatoms. The van der Waals surface area contributed by atoms with E-state index in [0.717, 1.165) is 0 Å². The molecule has 2 amide bonds. The van der Waals surface area contributed by atoms with Crippen LogP contribution in [0.3, 0.4) is 0 Å². The van der Waals surface area contributed by atoms with E-state index < -0.39 is 0 Å². The fraction of sp³-hybridized carbons (Fsp3) is 0.118. The van der Waals surface area contributed by atoms with Gasteiger partial charge in [-0.1, -0.05) is 23.7 Å². The van der Waals surface area contributed by atoms with Crippen LogP contribution in [0.25, 0.3) is 0 Å². The first-order valence-electron chi connectivity index (χ1n) is 6.83. The number of hydrogen-bond acceptors (Lipinski definition) is 3. The second-order valence-corrected chi connectivity index (χ2v) is 5.26. The van der Waals surface area contributed by atoms with E-state index in [0.29, 0.717) is 22.0 Å². The SMILES string of the molecule is CC(=O)N(CC(=O)Nc1cccc(Cl)c1)c1cccc(C#N)c1. The molecule has 2 rings (SSSR count). The molecule has 0 aliphatic rings. The van der Waals surface area contributed by atoms with Crippen LogP contribution >= 0.6 is 11.6 Å². The van der Waals surface area contributed by atoms with Gasteiger partial charge in [0.25, 0.3) is 0 Å². The van der Waals surface area contributed by atoms with Crippen molar-refractivity contribution in [3.05, 3.63) is 59.1 Å². The number of hydrogen-bond donors (Lipinski definition) is 1. The summed E-state index contributed by atoms with van der Waals surface area (Å²) in [6.45, 7) is 1.21. The molecule has 0 atom stereocenters. The van der Waals surface area contributed by atoms with Gasteiger partial charge in [0.05, 0.1) is 11.6 Å². The van der Waals surface area contributed by atoms with Gasteiger partial charge in [-0.3, -0.25) is 9.59 Å². The fourth-order valence-electron chi connectivity index (χ4n) is 2.04. The van der Waals surface area contributed by atoms with Gasteiger partial charge in [-0.2, -0.15) is 5.26 Å². The Morgan fingerprint density at radius 1 is 1.22 bits per heavy atom. The lowest BCUT2D eigenvalue weighted by molar-refractivity contribution is -0.120. The van der Waals surface area contributed by atoms with Crippen molar-refractivity contribution < 1.29 is 9.59 Å². The molecule has 0 fully saturated rings. The number of nitrogens with one attached hydrogen (secondary N) is 1. The lowest BCUT2D eigenvalue weighted by atomic mass is 10.2. The summed E-state index contributed by atoms with van der Waals surface area (Å²) in [5.41, 5.74) is 1.47. The zero-order chi connectivity index (χ0) is 16.8. The van der Waals surface area contributed by atoms with Crippen LogP contribution < -0.4 is 10.2 Å². The smallest absolute Gasteiger partial charge is 0.244 e. The monoisotopic (exact) mass is 327 g/mol. The molecular formula is C17H14ClN3O2. The predicted octanol–water partition coefficient (Wildman–Crippen LogP) is 3.20. The Morgan fingerprint density at radius 3 is 2.61 bits per heavy atom. The molecule has 116 valence electrons. The summed E-state index contributed by atoms with van der Waals surface area (Å²) in [6, 6.07) is 15.3. The molecule has 0 aliphatic carbocycles. The van der Waals surface area contributed by atoms with Crippen LogP contribution in [0.2, 0.25) is 5.02 Å². The van der Waals surface area contributed by atoms with Crippen molar-refractivity contribution >= 4 is 34.8 Å². The lowest BCUT2D eigenvalue weighted by Crippen LogP contribution is -2.36. The number of amides is 2. The second-order valence-electron chi connectivity index (χ2n) is 4.83. The fourth-order valence-corrected chi connectivity index (χ4v) is 2.23. The van der Waals surface area contributed by atoms with E-state index in [2.05, 4.69) is 5.32 Å². The zero-order valence-electron chi connectivity index (χ0n) is 12.4. The van der Waals surface area contributed by atoms with Gasteiger partial charge in [0.15, 0.2) is 0 Å². The maximum Gasteiger partial charge on any atom is 0.244 e. The van der Waals surface area contributed by atoms with Crippen LogP contribution in [0, 0.1) is 11.3 Å². The van der Waals surface area contributed by atoms with Gasteiger partial charge in [-0.15, -0.1) is 0 Å². The van der Waals surface area contributed by atoms with Crippen molar-refractivity contribution in [1.82, 2.24) is 0 Å². The van der Waals surface area contributed by atoms with E-state index in [1.54, 1.807) is 48.5 Å². The molecule has 2 aromatic rings. The Labute approximate surface area is 139 Å². The first-order chi connectivity index (χ1) is 11.0. The van der Waals surface area contributed by atoms with Gasteiger partial charge in [0.2, 0.25) is 11.8 Å². The topological polar surface area (TPSA) is 73.2 Å². The average Bonchev–Trinajstić information content (AvgIpc) is 2.52. The lowest BCUT2D eigenvalue weighted by Gasteiger charge is -2.21. The van der Waals surface area contributed by atoms with Crippen molar-refractivity contribution in [2.45, 2.75) is 6.92 Å². The number of carbonyl (C=O) groups is 2. The minimum atomic E-state index is -0.357. The van der Waals surface area contributed by atoms with Crippen molar-refractivity contribution in [3.8, 4) is 6.07 Å². The van der Waals surface area contributed by atoms with Crippen molar-refractivity contribution in [1.29, 1.82) is 5.26 Å². The number of carbonyl (C=O) groups excluding carboxylic acids is 2. The van der Waals surface area contributed by atoms with E-state index in [-0.39, 0.29) is 18.4 Å². The highest BCUT2D eigenvalue weighted by Gasteiger charge is 2.16. The average molecular weight is 328 g/mol. The minimum absolute atomic E-state index is 0.156. The first kappa shape index (κ1) is 16.5. The number of anilines is 2. The Kier molecular flexibility index (Phi) is 5.34. The summed E-state index contributed by atoms with van der Waals surface area (Å²) >= 11 is 5.87. The normalized spacial score (nSPS) is 9.78. The van der Waals surface area contributed by atoms with Crippen LogP contribution in [-0.2, 0) is 9.59 Å². The summed E-state index contributed by atoms with van der Waals surface area (Å²) in [5.74, 6) is -0.647. The highest BCUT2D eigenvalue weighted by molar-refractivity contribution is 6.30. The molecule has 0 aromatic heterocycles. The zero-order valence-corrected chi connectivity index (χ0v) is 13.2.